The van der Waals surface area contributed by atoms with E-state index in [4.69, 9.17) is 4.98 Å². The molecule has 0 aliphatic rings. The molecule has 5 aromatic heterocycles. The van der Waals surface area contributed by atoms with Crippen LogP contribution in [0.3, 0.4) is 0 Å². The van der Waals surface area contributed by atoms with Gasteiger partial charge in [0, 0.05) is 54.5 Å². The molecule has 5 heterocycles. The highest BCUT2D eigenvalue weighted by molar-refractivity contribution is 6.34. The van der Waals surface area contributed by atoms with E-state index in [2.05, 4.69) is 213 Å². The minimum absolute atomic E-state index is 0.0833. The molecule has 13 rings (SSSR count). The molecule has 0 aliphatic carbocycles. The maximum atomic E-state index is 5.93. The fourth-order valence-electron chi connectivity index (χ4n) is 10.6. The van der Waals surface area contributed by atoms with Crippen LogP contribution in [0.15, 0.2) is 158 Å². The maximum absolute atomic E-state index is 5.93. The van der Waals surface area contributed by atoms with Gasteiger partial charge in [-0.1, -0.05) is 139 Å². The number of benzene rings is 8. The van der Waals surface area contributed by atoms with Crippen molar-refractivity contribution in [3.8, 4) is 0 Å². The molecule has 8 aromatic carbocycles. The third kappa shape index (κ3) is 4.62. The monoisotopic (exact) mass is 784 g/mol. The van der Waals surface area contributed by atoms with Gasteiger partial charge in [-0.25, -0.2) is 4.98 Å². The van der Waals surface area contributed by atoms with Crippen molar-refractivity contribution < 1.29 is 0 Å². The molecule has 0 N–H and O–H groups in total. The highest BCUT2D eigenvalue weighted by Crippen LogP contribution is 2.50. The third-order valence-corrected chi connectivity index (χ3v) is 13.6. The van der Waals surface area contributed by atoms with Gasteiger partial charge in [0.25, 0.3) is 0 Å². The summed E-state index contributed by atoms with van der Waals surface area (Å²) in [5, 5.41) is 13.7. The topological polar surface area (TPSA) is 25.0 Å². The van der Waals surface area contributed by atoms with Crippen LogP contribution < -0.4 is 4.90 Å². The Kier molecular flexibility index (Phi) is 6.69. The van der Waals surface area contributed by atoms with Gasteiger partial charge in [0.2, 0.25) is 0 Å². The van der Waals surface area contributed by atoms with Crippen LogP contribution in [0.1, 0.15) is 52.7 Å². The van der Waals surface area contributed by atoms with E-state index >= 15 is 0 Å². The van der Waals surface area contributed by atoms with E-state index in [0.29, 0.717) is 0 Å². The van der Waals surface area contributed by atoms with E-state index in [-0.39, 0.29) is 10.8 Å². The summed E-state index contributed by atoms with van der Waals surface area (Å²) in [6, 6.07) is 58.8. The van der Waals surface area contributed by atoms with Crippen LogP contribution in [-0.2, 0) is 10.8 Å². The zero-order valence-electron chi connectivity index (χ0n) is 35.3. The quantitative estimate of drug-likeness (QED) is 0.178. The van der Waals surface area contributed by atoms with Crippen LogP contribution in [0.5, 0.6) is 0 Å². The number of pyridine rings is 1. The molecule has 4 heteroatoms. The molecule has 0 spiro atoms. The number of hydrogen-bond acceptors (Lipinski definition) is 2. The van der Waals surface area contributed by atoms with Gasteiger partial charge in [0.15, 0.2) is 0 Å². The molecular formula is C57H44N4. The smallest absolute Gasteiger partial charge is 0.146 e. The van der Waals surface area contributed by atoms with E-state index < -0.39 is 0 Å². The van der Waals surface area contributed by atoms with E-state index in [1.807, 2.05) is 0 Å². The van der Waals surface area contributed by atoms with Gasteiger partial charge < -0.3 is 9.30 Å². The lowest BCUT2D eigenvalue weighted by Crippen LogP contribution is -2.15. The lowest BCUT2D eigenvalue weighted by atomic mass is 9.84. The van der Waals surface area contributed by atoms with Crippen LogP contribution in [0, 0.1) is 0 Å². The molecule has 0 saturated carbocycles. The predicted octanol–water partition coefficient (Wildman–Crippen LogP) is 15.8. The number of anilines is 3. The normalized spacial score (nSPS) is 13.1. The number of hydrogen-bond donors (Lipinski definition) is 0. The zero-order valence-corrected chi connectivity index (χ0v) is 35.3. The Bertz CT molecular complexity index is 3890. The van der Waals surface area contributed by atoms with Gasteiger partial charge in [0.05, 0.1) is 38.8 Å². The largest absolute Gasteiger partial charge is 0.308 e. The van der Waals surface area contributed by atoms with Crippen LogP contribution in [0.4, 0.5) is 17.1 Å². The summed E-state index contributed by atoms with van der Waals surface area (Å²) >= 11 is 0. The molecule has 0 fully saturated rings. The number of fused-ring (bicyclic) bond motifs is 16. The summed E-state index contributed by atoms with van der Waals surface area (Å²) < 4.78 is 5.06. The van der Waals surface area contributed by atoms with Crippen molar-refractivity contribution in [1.82, 2.24) is 13.8 Å². The first kappa shape index (κ1) is 34.7. The average Bonchev–Trinajstić information content (AvgIpc) is 3.98. The van der Waals surface area contributed by atoms with Crippen molar-refractivity contribution >= 4 is 115 Å². The molecule has 0 aliphatic heterocycles. The number of para-hydroxylation sites is 2. The molecule has 0 saturated heterocycles. The summed E-state index contributed by atoms with van der Waals surface area (Å²) in [5.41, 5.74) is 13.9. The van der Waals surface area contributed by atoms with Gasteiger partial charge >= 0.3 is 0 Å². The Morgan fingerprint density at radius 3 is 1.66 bits per heavy atom. The van der Waals surface area contributed by atoms with Gasteiger partial charge in [0.1, 0.15) is 5.65 Å². The summed E-state index contributed by atoms with van der Waals surface area (Å²) in [6.07, 6.45) is 0. The number of nitrogens with zero attached hydrogens (tertiary/aromatic N) is 4. The number of aromatic nitrogens is 3. The summed E-state index contributed by atoms with van der Waals surface area (Å²) in [5.74, 6) is 0. The molecule has 61 heavy (non-hydrogen) atoms. The van der Waals surface area contributed by atoms with Crippen molar-refractivity contribution in [2.45, 2.75) is 52.4 Å². The molecule has 4 nitrogen and oxygen atoms in total. The minimum atomic E-state index is -0.0918. The molecule has 0 atom stereocenters. The predicted molar refractivity (Wildman–Crippen MR) is 261 cm³/mol. The van der Waals surface area contributed by atoms with Crippen molar-refractivity contribution in [3.63, 3.8) is 0 Å². The fraction of sp³-hybridized carbons (Fsp3) is 0.140. The standard InChI is InChI=1S/C57H44N4/c1-56(2,3)35-28-43-44-29-36(57(4,5)6)31-48(59(37-19-9-7-10-20-37)38-21-11-8-12-22-38)53(44)60-47-32-45-49-39-23-15-14-18-34(39)27-42-41-26-25-33-17-13-16-24-40(33)51(41)61(54(42)49)55(45)58-50(47)46(30-35)52(43)60/h7-32H,1-6H3. The minimum Gasteiger partial charge on any atom is -0.308 e. The SMILES string of the molecule is CC(C)(C)c1cc(N(c2ccccc2)c2ccccc2)c2c(c1)c1cc(C(C)(C)C)cc3c4nc5c(cc4n2c13)c1c2ccccc2cc2c3ccc4ccccc4c3n5c21. The second kappa shape index (κ2) is 11.8. The zero-order chi connectivity index (χ0) is 41.1. The Morgan fingerprint density at radius 1 is 0.410 bits per heavy atom. The average molecular weight is 785 g/mol. The van der Waals surface area contributed by atoms with E-state index in [1.165, 1.54) is 92.4 Å². The summed E-state index contributed by atoms with van der Waals surface area (Å²) in [6.45, 7) is 14.0. The maximum Gasteiger partial charge on any atom is 0.146 e. The van der Waals surface area contributed by atoms with Crippen molar-refractivity contribution in [2.24, 2.45) is 0 Å². The summed E-state index contributed by atoms with van der Waals surface area (Å²) in [4.78, 5) is 8.39. The molecule has 292 valence electrons. The molecule has 0 radical (unpaired) electrons. The van der Waals surface area contributed by atoms with Crippen molar-refractivity contribution in [1.29, 1.82) is 0 Å². The van der Waals surface area contributed by atoms with Crippen LogP contribution in [0.2, 0.25) is 0 Å². The molecule has 0 bridgehead atoms. The van der Waals surface area contributed by atoms with Gasteiger partial charge in [-0.3, -0.25) is 4.40 Å². The van der Waals surface area contributed by atoms with Crippen molar-refractivity contribution in [2.75, 3.05) is 4.90 Å². The lowest BCUT2D eigenvalue weighted by Gasteiger charge is -2.29. The Labute approximate surface area is 353 Å². The van der Waals surface area contributed by atoms with E-state index in [1.54, 1.807) is 0 Å². The first-order valence-corrected chi connectivity index (χ1v) is 21.6. The lowest BCUT2D eigenvalue weighted by molar-refractivity contribution is 0.591. The highest BCUT2D eigenvalue weighted by Gasteiger charge is 2.30. The second-order valence-corrected chi connectivity index (χ2v) is 19.3. The Balaban J connectivity index is 1.29. The van der Waals surface area contributed by atoms with Crippen LogP contribution >= 0.6 is 0 Å². The van der Waals surface area contributed by atoms with Gasteiger partial charge in [-0.05, 0) is 98.8 Å². The van der Waals surface area contributed by atoms with E-state index in [0.717, 1.165) is 33.7 Å². The highest BCUT2D eigenvalue weighted by atomic mass is 15.2. The molecule has 0 unspecified atom stereocenters. The van der Waals surface area contributed by atoms with Crippen LogP contribution in [-0.4, -0.2) is 13.8 Å². The van der Waals surface area contributed by atoms with Crippen molar-refractivity contribution in [3.05, 3.63) is 169 Å². The first-order valence-electron chi connectivity index (χ1n) is 21.6. The Morgan fingerprint density at radius 2 is 0.967 bits per heavy atom. The first-order chi connectivity index (χ1) is 29.5. The van der Waals surface area contributed by atoms with E-state index in [9.17, 15) is 0 Å². The molecule has 0 amide bonds. The van der Waals surface area contributed by atoms with Crippen LogP contribution in [0.25, 0.3) is 98.0 Å². The molecule has 13 aromatic rings. The Hall–Kier alpha value is -7.17. The van der Waals surface area contributed by atoms with Gasteiger partial charge in [-0.15, -0.1) is 0 Å². The third-order valence-electron chi connectivity index (χ3n) is 13.6. The number of rotatable bonds is 3. The van der Waals surface area contributed by atoms with Gasteiger partial charge in [-0.2, -0.15) is 0 Å². The summed E-state index contributed by atoms with van der Waals surface area (Å²) in [7, 11) is 0. The second-order valence-electron chi connectivity index (χ2n) is 19.3. The molecular weight excluding hydrogens is 741 g/mol. The fourth-order valence-corrected chi connectivity index (χ4v) is 10.6.